The van der Waals surface area contributed by atoms with Crippen LogP contribution in [0, 0.1) is 5.82 Å². The normalized spacial score (nSPS) is 12.4. The predicted octanol–water partition coefficient (Wildman–Crippen LogP) is 4.29. The quantitative estimate of drug-likeness (QED) is 0.750. The van der Waals surface area contributed by atoms with Crippen LogP contribution in [-0.2, 0) is 6.54 Å². The largest absolute Gasteiger partial charge is 0.292 e. The number of likely N-dealkylation sites (N-methyl/N-ethyl adjacent to an activating group) is 1. The van der Waals surface area contributed by atoms with Crippen molar-refractivity contribution < 1.29 is 9.18 Å². The summed E-state index contributed by atoms with van der Waals surface area (Å²) in [4.78, 5) is 14.4. The van der Waals surface area contributed by atoms with Gasteiger partial charge in [0.1, 0.15) is 5.82 Å². The van der Waals surface area contributed by atoms with Gasteiger partial charge in [-0.2, -0.15) is 0 Å². The molecular formula is C17H17BrFNO. The van der Waals surface area contributed by atoms with Gasteiger partial charge in [-0.15, -0.1) is 0 Å². The molecule has 0 bridgehead atoms. The van der Waals surface area contributed by atoms with Crippen LogP contribution in [0.5, 0.6) is 0 Å². The van der Waals surface area contributed by atoms with Crippen LogP contribution in [0.4, 0.5) is 4.39 Å². The van der Waals surface area contributed by atoms with Crippen LogP contribution in [0.2, 0.25) is 0 Å². The van der Waals surface area contributed by atoms with Gasteiger partial charge in [0, 0.05) is 16.6 Å². The van der Waals surface area contributed by atoms with Crippen LogP contribution in [0.15, 0.2) is 53.0 Å². The Morgan fingerprint density at radius 2 is 1.90 bits per heavy atom. The maximum atomic E-state index is 12.9. The topological polar surface area (TPSA) is 20.3 Å². The Bertz CT molecular complexity index is 627. The molecule has 0 aromatic heterocycles. The molecule has 21 heavy (non-hydrogen) atoms. The van der Waals surface area contributed by atoms with Crippen molar-refractivity contribution in [3.05, 3.63) is 69.9 Å². The van der Waals surface area contributed by atoms with E-state index in [1.165, 1.54) is 24.3 Å². The zero-order chi connectivity index (χ0) is 15.4. The summed E-state index contributed by atoms with van der Waals surface area (Å²) >= 11 is 3.44. The third-order valence-electron chi connectivity index (χ3n) is 3.49. The molecule has 0 amide bonds. The SMILES string of the molecule is CC(C(=O)c1ccc(F)cc1)N(C)Cc1cccc(Br)c1. The van der Waals surface area contributed by atoms with E-state index in [0.717, 1.165) is 10.0 Å². The first-order chi connectivity index (χ1) is 9.97. The van der Waals surface area contributed by atoms with Gasteiger partial charge in [0.2, 0.25) is 0 Å². The fourth-order valence-corrected chi connectivity index (χ4v) is 2.56. The number of nitrogens with zero attached hydrogens (tertiary/aromatic N) is 1. The molecule has 0 radical (unpaired) electrons. The Morgan fingerprint density at radius 3 is 2.52 bits per heavy atom. The monoisotopic (exact) mass is 349 g/mol. The predicted molar refractivity (Wildman–Crippen MR) is 85.8 cm³/mol. The Balaban J connectivity index is 2.06. The van der Waals surface area contributed by atoms with E-state index in [0.29, 0.717) is 12.1 Å². The van der Waals surface area contributed by atoms with E-state index >= 15 is 0 Å². The lowest BCUT2D eigenvalue weighted by atomic mass is 10.0. The molecule has 2 rings (SSSR count). The molecule has 4 heteroatoms. The van der Waals surface area contributed by atoms with E-state index < -0.39 is 0 Å². The van der Waals surface area contributed by atoms with Crippen LogP contribution in [0.3, 0.4) is 0 Å². The molecule has 0 heterocycles. The molecule has 0 saturated carbocycles. The number of halogens is 2. The van der Waals surface area contributed by atoms with Crippen molar-refractivity contribution in [3.63, 3.8) is 0 Å². The third-order valence-corrected chi connectivity index (χ3v) is 3.98. The lowest BCUT2D eigenvalue weighted by molar-refractivity contribution is 0.0862. The highest BCUT2D eigenvalue weighted by molar-refractivity contribution is 9.10. The lowest BCUT2D eigenvalue weighted by Crippen LogP contribution is -2.35. The van der Waals surface area contributed by atoms with Crippen LogP contribution >= 0.6 is 15.9 Å². The fraction of sp³-hybridized carbons (Fsp3) is 0.235. The van der Waals surface area contributed by atoms with Crippen LogP contribution in [0.25, 0.3) is 0 Å². The second-order valence-corrected chi connectivity index (χ2v) is 6.01. The maximum absolute atomic E-state index is 12.9. The number of carbonyl (C=O) groups excluding carboxylic acids is 1. The molecule has 0 aliphatic rings. The first kappa shape index (κ1) is 15.9. The maximum Gasteiger partial charge on any atom is 0.179 e. The van der Waals surface area contributed by atoms with Gasteiger partial charge in [0.15, 0.2) is 5.78 Å². The van der Waals surface area contributed by atoms with Gasteiger partial charge >= 0.3 is 0 Å². The molecule has 2 nitrogen and oxygen atoms in total. The number of hydrogen-bond donors (Lipinski definition) is 0. The number of Topliss-reactive ketones (excluding diaryl/α,β-unsaturated/α-hetero) is 1. The standard InChI is InChI=1S/C17H17BrFNO/c1-12(17(21)14-6-8-16(19)9-7-14)20(2)11-13-4-3-5-15(18)10-13/h3-10,12H,11H2,1-2H3. The van der Waals surface area contributed by atoms with Gasteiger partial charge in [-0.3, -0.25) is 9.69 Å². The van der Waals surface area contributed by atoms with Crippen molar-refractivity contribution in [1.29, 1.82) is 0 Å². The second-order valence-electron chi connectivity index (χ2n) is 5.09. The summed E-state index contributed by atoms with van der Waals surface area (Å²) in [5, 5.41) is 0. The minimum absolute atomic E-state index is 0.00695. The first-order valence-electron chi connectivity index (χ1n) is 6.72. The number of carbonyl (C=O) groups is 1. The molecule has 2 aromatic carbocycles. The summed E-state index contributed by atoms with van der Waals surface area (Å²) in [6, 6.07) is 13.4. The minimum atomic E-state index is -0.332. The molecule has 0 spiro atoms. The van der Waals surface area contributed by atoms with Crippen molar-refractivity contribution >= 4 is 21.7 Å². The van der Waals surface area contributed by atoms with Gasteiger partial charge in [-0.25, -0.2) is 4.39 Å². The summed E-state index contributed by atoms with van der Waals surface area (Å²) < 4.78 is 13.9. The van der Waals surface area contributed by atoms with E-state index in [4.69, 9.17) is 0 Å². The van der Waals surface area contributed by atoms with Crippen LogP contribution in [-0.4, -0.2) is 23.8 Å². The average molecular weight is 350 g/mol. The van der Waals surface area contributed by atoms with E-state index in [-0.39, 0.29) is 17.6 Å². The molecule has 0 aliphatic heterocycles. The zero-order valence-electron chi connectivity index (χ0n) is 12.0. The van der Waals surface area contributed by atoms with Crippen molar-refractivity contribution in [3.8, 4) is 0 Å². The van der Waals surface area contributed by atoms with Crippen molar-refractivity contribution in [2.45, 2.75) is 19.5 Å². The molecular weight excluding hydrogens is 333 g/mol. The highest BCUT2D eigenvalue weighted by Crippen LogP contribution is 2.15. The summed E-state index contributed by atoms with van der Waals surface area (Å²) in [5.41, 5.74) is 1.66. The van der Waals surface area contributed by atoms with E-state index in [1.54, 1.807) is 0 Å². The molecule has 1 unspecified atom stereocenters. The number of rotatable bonds is 5. The van der Waals surface area contributed by atoms with Gasteiger partial charge in [-0.05, 0) is 55.9 Å². The smallest absolute Gasteiger partial charge is 0.179 e. The number of benzene rings is 2. The third kappa shape index (κ3) is 4.22. The van der Waals surface area contributed by atoms with Gasteiger partial charge in [0.25, 0.3) is 0 Å². The highest BCUT2D eigenvalue weighted by atomic mass is 79.9. The van der Waals surface area contributed by atoms with E-state index in [9.17, 15) is 9.18 Å². The van der Waals surface area contributed by atoms with Crippen LogP contribution in [0.1, 0.15) is 22.8 Å². The minimum Gasteiger partial charge on any atom is -0.292 e. The summed E-state index contributed by atoms with van der Waals surface area (Å²) in [6.07, 6.45) is 0. The molecule has 0 aliphatic carbocycles. The Hall–Kier alpha value is -1.52. The van der Waals surface area contributed by atoms with Gasteiger partial charge < -0.3 is 0 Å². The van der Waals surface area contributed by atoms with Crippen LogP contribution < -0.4 is 0 Å². The number of hydrogen-bond acceptors (Lipinski definition) is 2. The summed E-state index contributed by atoms with van der Waals surface area (Å²) in [6.45, 7) is 2.54. The Kier molecular flexibility index (Phi) is 5.26. The number of ketones is 1. The first-order valence-corrected chi connectivity index (χ1v) is 7.51. The lowest BCUT2D eigenvalue weighted by Gasteiger charge is -2.23. The molecule has 2 aromatic rings. The summed E-state index contributed by atoms with van der Waals surface area (Å²) in [7, 11) is 1.91. The average Bonchev–Trinajstić information content (AvgIpc) is 2.46. The highest BCUT2D eigenvalue weighted by Gasteiger charge is 2.19. The van der Waals surface area contributed by atoms with Gasteiger partial charge in [0.05, 0.1) is 6.04 Å². The second kappa shape index (κ2) is 6.96. The van der Waals surface area contributed by atoms with Crippen molar-refractivity contribution in [1.82, 2.24) is 4.90 Å². The summed E-state index contributed by atoms with van der Waals surface area (Å²) in [5.74, 6) is -0.339. The van der Waals surface area contributed by atoms with Gasteiger partial charge in [-0.1, -0.05) is 28.1 Å². The molecule has 0 fully saturated rings. The van der Waals surface area contributed by atoms with E-state index in [1.807, 2.05) is 43.1 Å². The Labute approximate surface area is 132 Å². The van der Waals surface area contributed by atoms with Crippen molar-refractivity contribution in [2.24, 2.45) is 0 Å². The fourth-order valence-electron chi connectivity index (χ4n) is 2.12. The Morgan fingerprint density at radius 1 is 1.24 bits per heavy atom. The molecule has 110 valence electrons. The molecule has 0 N–H and O–H groups in total. The molecule has 1 atom stereocenters. The zero-order valence-corrected chi connectivity index (χ0v) is 13.6. The van der Waals surface area contributed by atoms with Crippen molar-refractivity contribution in [2.75, 3.05) is 7.05 Å². The van der Waals surface area contributed by atoms with E-state index in [2.05, 4.69) is 15.9 Å². The molecule has 0 saturated heterocycles.